The van der Waals surface area contributed by atoms with Crippen LogP contribution in [-0.2, 0) is 4.74 Å². The number of aromatic nitrogens is 1. The zero-order chi connectivity index (χ0) is 9.80. The van der Waals surface area contributed by atoms with Gasteiger partial charge in [0.2, 0.25) is 5.88 Å². The zero-order valence-electron chi connectivity index (χ0n) is 7.78. The molecule has 76 valence electrons. The molecule has 14 heavy (non-hydrogen) atoms. The van der Waals surface area contributed by atoms with Crippen molar-refractivity contribution in [3.05, 3.63) is 22.8 Å². The molecule has 0 unspecified atom stereocenters. The first-order valence-corrected chi connectivity index (χ1v) is 5.51. The first-order valence-electron chi connectivity index (χ1n) is 4.71. The molecule has 4 heteroatoms. The van der Waals surface area contributed by atoms with Crippen LogP contribution in [0.4, 0.5) is 0 Å². The van der Waals surface area contributed by atoms with E-state index in [0.717, 1.165) is 30.7 Å². The Labute approximate surface area is 91.6 Å². The summed E-state index contributed by atoms with van der Waals surface area (Å²) in [5, 5.41) is 0. The molecular formula is C10H12BrNO2. The summed E-state index contributed by atoms with van der Waals surface area (Å²) in [5.74, 6) is 0.686. The Morgan fingerprint density at radius 2 is 2.14 bits per heavy atom. The lowest BCUT2D eigenvalue weighted by molar-refractivity contribution is 0.0237. The number of ether oxygens (including phenoxy) is 2. The molecule has 2 heterocycles. The molecular weight excluding hydrogens is 246 g/mol. The van der Waals surface area contributed by atoms with Gasteiger partial charge in [-0.1, -0.05) is 6.07 Å². The van der Waals surface area contributed by atoms with Crippen LogP contribution >= 0.6 is 15.9 Å². The maximum Gasteiger partial charge on any atom is 0.214 e. The summed E-state index contributed by atoms with van der Waals surface area (Å²) in [6.45, 7) is 1.58. The SMILES string of the molecule is Brc1cccc(OC2CCOCC2)n1. The third-order valence-electron chi connectivity index (χ3n) is 2.15. The molecule has 1 saturated heterocycles. The summed E-state index contributed by atoms with van der Waals surface area (Å²) >= 11 is 3.31. The Morgan fingerprint density at radius 1 is 1.36 bits per heavy atom. The van der Waals surface area contributed by atoms with E-state index in [1.165, 1.54) is 0 Å². The second-order valence-corrected chi connectivity index (χ2v) is 4.04. The summed E-state index contributed by atoms with van der Waals surface area (Å²) in [7, 11) is 0. The highest BCUT2D eigenvalue weighted by Gasteiger charge is 2.15. The van der Waals surface area contributed by atoms with Crippen LogP contribution in [0.5, 0.6) is 5.88 Å². The fourth-order valence-electron chi connectivity index (χ4n) is 1.42. The van der Waals surface area contributed by atoms with Crippen molar-refractivity contribution < 1.29 is 9.47 Å². The van der Waals surface area contributed by atoms with Gasteiger partial charge in [0.25, 0.3) is 0 Å². The Morgan fingerprint density at radius 3 is 2.86 bits per heavy atom. The van der Waals surface area contributed by atoms with E-state index in [2.05, 4.69) is 20.9 Å². The molecule has 0 radical (unpaired) electrons. The van der Waals surface area contributed by atoms with E-state index in [0.29, 0.717) is 5.88 Å². The Kier molecular flexibility index (Phi) is 3.37. The van der Waals surface area contributed by atoms with E-state index in [9.17, 15) is 0 Å². The standard InChI is InChI=1S/C10H12BrNO2/c11-9-2-1-3-10(12-9)14-8-4-6-13-7-5-8/h1-3,8H,4-7H2. The smallest absolute Gasteiger partial charge is 0.214 e. The monoisotopic (exact) mass is 257 g/mol. The van der Waals surface area contributed by atoms with Gasteiger partial charge in [-0.25, -0.2) is 4.98 Å². The lowest BCUT2D eigenvalue weighted by Gasteiger charge is -2.22. The van der Waals surface area contributed by atoms with Crippen LogP contribution in [0.25, 0.3) is 0 Å². The van der Waals surface area contributed by atoms with Gasteiger partial charge in [0.05, 0.1) is 13.2 Å². The van der Waals surface area contributed by atoms with Gasteiger partial charge in [-0.3, -0.25) is 0 Å². The third kappa shape index (κ3) is 2.69. The van der Waals surface area contributed by atoms with Crippen LogP contribution in [-0.4, -0.2) is 24.3 Å². The Balaban J connectivity index is 1.95. The van der Waals surface area contributed by atoms with Crippen LogP contribution in [0.2, 0.25) is 0 Å². The van der Waals surface area contributed by atoms with Crippen molar-refractivity contribution >= 4 is 15.9 Å². The zero-order valence-corrected chi connectivity index (χ0v) is 9.37. The minimum absolute atomic E-state index is 0.255. The maximum atomic E-state index is 5.72. The first kappa shape index (κ1) is 9.93. The van der Waals surface area contributed by atoms with Crippen LogP contribution in [0, 0.1) is 0 Å². The lowest BCUT2D eigenvalue weighted by Crippen LogP contribution is -2.26. The van der Waals surface area contributed by atoms with E-state index in [-0.39, 0.29) is 6.10 Å². The van der Waals surface area contributed by atoms with Crippen molar-refractivity contribution in [3.8, 4) is 5.88 Å². The van der Waals surface area contributed by atoms with Crippen LogP contribution < -0.4 is 4.74 Å². The second-order valence-electron chi connectivity index (χ2n) is 3.23. The molecule has 0 atom stereocenters. The Hall–Kier alpha value is -0.610. The van der Waals surface area contributed by atoms with Gasteiger partial charge < -0.3 is 9.47 Å². The molecule has 1 fully saturated rings. The number of nitrogens with zero attached hydrogens (tertiary/aromatic N) is 1. The molecule has 3 nitrogen and oxygen atoms in total. The summed E-state index contributed by atoms with van der Waals surface area (Å²) in [6.07, 6.45) is 2.16. The summed E-state index contributed by atoms with van der Waals surface area (Å²) in [6, 6.07) is 5.68. The number of pyridine rings is 1. The van der Waals surface area contributed by atoms with Gasteiger partial charge in [-0.15, -0.1) is 0 Å². The molecule has 0 amide bonds. The van der Waals surface area contributed by atoms with Crippen molar-refractivity contribution in [2.75, 3.05) is 13.2 Å². The van der Waals surface area contributed by atoms with Crippen molar-refractivity contribution in [2.24, 2.45) is 0 Å². The van der Waals surface area contributed by atoms with Gasteiger partial charge in [0.1, 0.15) is 10.7 Å². The molecule has 0 bridgehead atoms. The summed E-state index contributed by atoms with van der Waals surface area (Å²) in [4.78, 5) is 4.22. The number of rotatable bonds is 2. The summed E-state index contributed by atoms with van der Waals surface area (Å²) < 4.78 is 11.8. The lowest BCUT2D eigenvalue weighted by atomic mass is 10.2. The molecule has 0 spiro atoms. The van der Waals surface area contributed by atoms with Gasteiger partial charge in [-0.2, -0.15) is 0 Å². The fraction of sp³-hybridized carbons (Fsp3) is 0.500. The molecule has 0 aliphatic carbocycles. The highest BCUT2D eigenvalue weighted by molar-refractivity contribution is 9.10. The molecule has 1 aliphatic heterocycles. The van der Waals surface area contributed by atoms with Crippen LogP contribution in [0.3, 0.4) is 0 Å². The van der Waals surface area contributed by atoms with Crippen molar-refractivity contribution in [1.82, 2.24) is 4.98 Å². The molecule has 0 aromatic carbocycles. The third-order valence-corrected chi connectivity index (χ3v) is 2.59. The van der Waals surface area contributed by atoms with Gasteiger partial charge in [0, 0.05) is 18.9 Å². The normalized spacial score (nSPS) is 18.1. The number of hydrogen-bond donors (Lipinski definition) is 0. The minimum Gasteiger partial charge on any atom is -0.474 e. The van der Waals surface area contributed by atoms with E-state index < -0.39 is 0 Å². The highest BCUT2D eigenvalue weighted by Crippen LogP contribution is 2.17. The van der Waals surface area contributed by atoms with Crippen molar-refractivity contribution in [3.63, 3.8) is 0 Å². The molecule has 1 aromatic heterocycles. The van der Waals surface area contributed by atoms with Crippen LogP contribution in [0.15, 0.2) is 22.8 Å². The van der Waals surface area contributed by atoms with E-state index in [4.69, 9.17) is 9.47 Å². The number of halogens is 1. The maximum absolute atomic E-state index is 5.72. The second kappa shape index (κ2) is 4.75. The summed E-state index contributed by atoms with van der Waals surface area (Å²) in [5.41, 5.74) is 0. The highest BCUT2D eigenvalue weighted by atomic mass is 79.9. The topological polar surface area (TPSA) is 31.4 Å². The molecule has 0 saturated carbocycles. The van der Waals surface area contributed by atoms with Crippen LogP contribution in [0.1, 0.15) is 12.8 Å². The quantitative estimate of drug-likeness (QED) is 0.763. The van der Waals surface area contributed by atoms with E-state index >= 15 is 0 Å². The van der Waals surface area contributed by atoms with E-state index in [1.807, 2.05) is 18.2 Å². The van der Waals surface area contributed by atoms with Crippen molar-refractivity contribution in [2.45, 2.75) is 18.9 Å². The van der Waals surface area contributed by atoms with Gasteiger partial charge in [0.15, 0.2) is 0 Å². The number of hydrogen-bond acceptors (Lipinski definition) is 3. The molecule has 0 N–H and O–H groups in total. The van der Waals surface area contributed by atoms with Crippen molar-refractivity contribution in [1.29, 1.82) is 0 Å². The average molecular weight is 258 g/mol. The van der Waals surface area contributed by atoms with Gasteiger partial charge in [-0.05, 0) is 22.0 Å². The average Bonchev–Trinajstić information content (AvgIpc) is 2.19. The molecule has 2 rings (SSSR count). The first-order chi connectivity index (χ1) is 6.84. The molecule has 1 aromatic rings. The fourth-order valence-corrected chi connectivity index (χ4v) is 1.75. The van der Waals surface area contributed by atoms with Gasteiger partial charge >= 0.3 is 0 Å². The Bertz CT molecular complexity index is 300. The predicted molar refractivity (Wildman–Crippen MR) is 56.4 cm³/mol. The largest absolute Gasteiger partial charge is 0.474 e. The predicted octanol–water partition coefficient (Wildman–Crippen LogP) is 2.40. The minimum atomic E-state index is 0.255. The van der Waals surface area contributed by atoms with E-state index in [1.54, 1.807) is 0 Å². The molecule has 1 aliphatic rings.